The molecule has 1 aliphatic heterocycles. The van der Waals surface area contributed by atoms with Crippen LogP contribution in [0.5, 0.6) is 0 Å². The fourth-order valence-electron chi connectivity index (χ4n) is 4.07. The molecule has 188 valence electrons. The van der Waals surface area contributed by atoms with Gasteiger partial charge in [0, 0.05) is 32.4 Å². The van der Waals surface area contributed by atoms with Gasteiger partial charge in [-0.05, 0) is 63.6 Å². The highest BCUT2D eigenvalue weighted by atomic mass is 16.5. The Morgan fingerprint density at radius 1 is 1.31 bits per heavy atom. The number of nitriles is 1. The minimum Gasteiger partial charge on any atom is -0.480 e. The van der Waals surface area contributed by atoms with Crippen LogP contribution >= 0.6 is 0 Å². The van der Waals surface area contributed by atoms with E-state index in [4.69, 9.17) is 15.0 Å². The summed E-state index contributed by atoms with van der Waals surface area (Å²) in [6.07, 6.45) is 8.30. The number of ether oxygens (including phenoxy) is 1. The van der Waals surface area contributed by atoms with Crippen molar-refractivity contribution < 1.29 is 14.6 Å². The SMILES string of the molecule is CO[C@H](C)CN(CCCCc1ccc2c(n1)NCCC2)CC[C@H](Nc1ncc(C#N)cn1)C(=O)O. The highest BCUT2D eigenvalue weighted by molar-refractivity contribution is 5.76. The molecule has 0 spiro atoms. The quantitative estimate of drug-likeness (QED) is 0.345. The Labute approximate surface area is 206 Å². The molecule has 2 aromatic rings. The van der Waals surface area contributed by atoms with Gasteiger partial charge in [-0.15, -0.1) is 0 Å². The van der Waals surface area contributed by atoms with Crippen LogP contribution in [0.3, 0.4) is 0 Å². The number of carboxylic acids is 1. The van der Waals surface area contributed by atoms with Crippen LogP contribution < -0.4 is 10.6 Å². The molecule has 10 heteroatoms. The Morgan fingerprint density at radius 3 is 2.83 bits per heavy atom. The lowest BCUT2D eigenvalue weighted by Crippen LogP contribution is -2.38. The number of aromatic nitrogens is 3. The van der Waals surface area contributed by atoms with E-state index in [1.165, 1.54) is 18.0 Å². The van der Waals surface area contributed by atoms with Crippen molar-refractivity contribution in [3.05, 3.63) is 41.3 Å². The van der Waals surface area contributed by atoms with Crippen molar-refractivity contribution in [3.63, 3.8) is 0 Å². The van der Waals surface area contributed by atoms with E-state index in [9.17, 15) is 9.90 Å². The zero-order chi connectivity index (χ0) is 25.0. The number of unbranched alkanes of at least 4 members (excludes halogenated alkanes) is 1. The van der Waals surface area contributed by atoms with E-state index >= 15 is 0 Å². The number of rotatable bonds is 14. The Morgan fingerprint density at radius 2 is 2.11 bits per heavy atom. The maximum atomic E-state index is 11.8. The molecule has 0 aliphatic carbocycles. The summed E-state index contributed by atoms with van der Waals surface area (Å²) in [5.41, 5.74) is 2.73. The second-order valence-corrected chi connectivity index (χ2v) is 8.88. The van der Waals surface area contributed by atoms with Gasteiger partial charge in [0.25, 0.3) is 0 Å². The first-order valence-corrected chi connectivity index (χ1v) is 12.2. The maximum absolute atomic E-state index is 11.8. The molecule has 3 N–H and O–H groups in total. The molecule has 0 amide bonds. The summed E-state index contributed by atoms with van der Waals surface area (Å²) in [5, 5.41) is 24.8. The van der Waals surface area contributed by atoms with Crippen LogP contribution in [0.2, 0.25) is 0 Å². The normalized spacial score (nSPS) is 14.5. The van der Waals surface area contributed by atoms with Gasteiger partial charge in [0.2, 0.25) is 5.95 Å². The first kappa shape index (κ1) is 26.3. The summed E-state index contributed by atoms with van der Waals surface area (Å²) >= 11 is 0. The second kappa shape index (κ2) is 13.6. The van der Waals surface area contributed by atoms with Crippen molar-refractivity contribution >= 4 is 17.7 Å². The summed E-state index contributed by atoms with van der Waals surface area (Å²) < 4.78 is 5.44. The lowest BCUT2D eigenvalue weighted by molar-refractivity contribution is -0.138. The monoisotopic (exact) mass is 481 g/mol. The maximum Gasteiger partial charge on any atom is 0.326 e. The van der Waals surface area contributed by atoms with Crippen molar-refractivity contribution in [2.45, 2.75) is 57.6 Å². The molecule has 0 radical (unpaired) electrons. The Bertz CT molecular complexity index is 994. The van der Waals surface area contributed by atoms with E-state index in [-0.39, 0.29) is 12.1 Å². The zero-order valence-electron chi connectivity index (χ0n) is 20.5. The van der Waals surface area contributed by atoms with E-state index < -0.39 is 12.0 Å². The Kier molecular flexibility index (Phi) is 10.2. The number of nitrogens with zero attached hydrogens (tertiary/aromatic N) is 5. The van der Waals surface area contributed by atoms with Gasteiger partial charge in [0.1, 0.15) is 17.9 Å². The molecule has 35 heavy (non-hydrogen) atoms. The number of nitrogens with one attached hydrogen (secondary N) is 2. The van der Waals surface area contributed by atoms with Crippen LogP contribution in [0, 0.1) is 11.3 Å². The second-order valence-electron chi connectivity index (χ2n) is 8.88. The number of hydrogen-bond acceptors (Lipinski definition) is 9. The van der Waals surface area contributed by atoms with Gasteiger partial charge in [-0.1, -0.05) is 6.07 Å². The minimum atomic E-state index is -0.968. The van der Waals surface area contributed by atoms with Gasteiger partial charge in [0.15, 0.2) is 0 Å². The van der Waals surface area contributed by atoms with Crippen molar-refractivity contribution in [3.8, 4) is 6.07 Å². The molecule has 10 nitrogen and oxygen atoms in total. The molecule has 0 fully saturated rings. The molecular formula is C25H35N7O3. The zero-order valence-corrected chi connectivity index (χ0v) is 20.5. The Balaban J connectivity index is 1.50. The fourth-order valence-corrected chi connectivity index (χ4v) is 4.07. The molecule has 1 aliphatic rings. The molecule has 0 saturated heterocycles. The number of hydrogen-bond donors (Lipinski definition) is 3. The number of methoxy groups -OCH3 is 1. The number of aryl methyl sites for hydroxylation is 2. The van der Waals surface area contributed by atoms with E-state index in [2.05, 4.69) is 37.6 Å². The van der Waals surface area contributed by atoms with E-state index in [1.54, 1.807) is 7.11 Å². The van der Waals surface area contributed by atoms with Gasteiger partial charge in [-0.2, -0.15) is 5.26 Å². The van der Waals surface area contributed by atoms with Crippen LogP contribution in [0.25, 0.3) is 0 Å². The standard InChI is InChI=1S/C25H35N7O3/c1-18(35-2)17-32(12-4-3-7-21-9-8-20-6-5-11-27-23(20)30-21)13-10-22(24(33)34)31-25-28-15-19(14-26)16-29-25/h8-9,15-16,18,22H,3-7,10-13,17H2,1-2H3,(H,27,30)(H,33,34)(H,28,29,31)/t18-,22+/m1/s1. The lowest BCUT2D eigenvalue weighted by atomic mass is 10.1. The first-order chi connectivity index (χ1) is 17.0. The largest absolute Gasteiger partial charge is 0.480 e. The minimum absolute atomic E-state index is 0.0430. The van der Waals surface area contributed by atoms with Crippen molar-refractivity contribution in [1.29, 1.82) is 5.26 Å². The lowest BCUT2D eigenvalue weighted by Gasteiger charge is -2.26. The summed E-state index contributed by atoms with van der Waals surface area (Å²) in [6, 6.07) is 5.43. The first-order valence-electron chi connectivity index (χ1n) is 12.2. The predicted molar refractivity (Wildman–Crippen MR) is 133 cm³/mol. The van der Waals surface area contributed by atoms with Gasteiger partial charge < -0.3 is 25.4 Å². The van der Waals surface area contributed by atoms with Crippen molar-refractivity contribution in [2.24, 2.45) is 0 Å². The van der Waals surface area contributed by atoms with E-state index in [0.29, 0.717) is 18.5 Å². The summed E-state index contributed by atoms with van der Waals surface area (Å²) in [6.45, 7) is 5.15. The van der Waals surface area contributed by atoms with Crippen molar-refractivity contribution in [1.82, 2.24) is 19.9 Å². The predicted octanol–water partition coefficient (Wildman–Crippen LogP) is 2.72. The van der Waals surface area contributed by atoms with E-state index in [1.807, 2.05) is 13.0 Å². The highest BCUT2D eigenvalue weighted by Crippen LogP contribution is 2.20. The molecule has 2 atom stereocenters. The topological polar surface area (TPSA) is 136 Å². The number of aliphatic carboxylic acids is 1. The number of anilines is 2. The summed E-state index contributed by atoms with van der Waals surface area (Å²) in [7, 11) is 1.68. The molecule has 0 aromatic carbocycles. The number of pyridine rings is 1. The Hall–Kier alpha value is -3.29. The highest BCUT2D eigenvalue weighted by Gasteiger charge is 2.20. The number of carboxylic acid groups (broad SMARTS) is 1. The van der Waals surface area contributed by atoms with Crippen LogP contribution in [0.1, 0.15) is 49.4 Å². The third kappa shape index (κ3) is 8.46. The number of fused-ring (bicyclic) bond motifs is 1. The van der Waals surface area contributed by atoms with Gasteiger partial charge in [-0.3, -0.25) is 0 Å². The summed E-state index contributed by atoms with van der Waals surface area (Å²) in [5.74, 6) is 0.257. The van der Waals surface area contributed by atoms with Crippen LogP contribution in [-0.2, 0) is 22.4 Å². The number of carbonyl (C=O) groups is 1. The molecule has 3 heterocycles. The van der Waals surface area contributed by atoms with Crippen LogP contribution in [-0.4, -0.2) is 76.4 Å². The van der Waals surface area contributed by atoms with Gasteiger partial charge >= 0.3 is 5.97 Å². The molecule has 2 aromatic heterocycles. The smallest absolute Gasteiger partial charge is 0.326 e. The average molecular weight is 482 g/mol. The van der Waals surface area contributed by atoms with Gasteiger partial charge in [-0.25, -0.2) is 19.7 Å². The molecule has 0 unspecified atom stereocenters. The third-order valence-corrected chi connectivity index (χ3v) is 6.14. The summed E-state index contributed by atoms with van der Waals surface area (Å²) in [4.78, 5) is 26.9. The van der Waals surface area contributed by atoms with Crippen LogP contribution in [0.15, 0.2) is 24.5 Å². The molecule has 3 rings (SSSR count). The van der Waals surface area contributed by atoms with Crippen LogP contribution in [0.4, 0.5) is 11.8 Å². The average Bonchev–Trinajstić information content (AvgIpc) is 2.88. The van der Waals surface area contributed by atoms with Crippen molar-refractivity contribution in [2.75, 3.05) is 43.9 Å². The molecule has 0 saturated carbocycles. The van der Waals surface area contributed by atoms with E-state index in [0.717, 1.165) is 63.3 Å². The molecule has 0 bridgehead atoms. The molecular weight excluding hydrogens is 446 g/mol. The van der Waals surface area contributed by atoms with Gasteiger partial charge in [0.05, 0.1) is 24.1 Å². The fraction of sp³-hybridized carbons (Fsp3) is 0.560. The third-order valence-electron chi connectivity index (χ3n) is 6.14.